The van der Waals surface area contributed by atoms with Gasteiger partial charge in [0.05, 0.1) is 11.4 Å². The monoisotopic (exact) mass is 316 g/mol. The van der Waals surface area contributed by atoms with Crippen molar-refractivity contribution in [1.29, 1.82) is 0 Å². The zero-order valence-corrected chi connectivity index (χ0v) is 12.4. The van der Waals surface area contributed by atoms with E-state index in [9.17, 15) is 13.2 Å². The van der Waals surface area contributed by atoms with Crippen LogP contribution in [-0.2, 0) is 23.5 Å². The lowest BCUT2D eigenvalue weighted by molar-refractivity contribution is 0.600. The van der Waals surface area contributed by atoms with E-state index < -0.39 is 15.6 Å². The maximum absolute atomic E-state index is 12.2. The Morgan fingerprint density at radius 1 is 1.50 bits per heavy atom. The maximum atomic E-state index is 12.2. The highest BCUT2D eigenvalue weighted by atomic mass is 35.5. The fraction of sp³-hybridized carbons (Fsp3) is 0.273. The summed E-state index contributed by atoms with van der Waals surface area (Å²) in [6, 6.07) is 1.10. The van der Waals surface area contributed by atoms with Crippen molar-refractivity contribution in [3.8, 4) is 0 Å². The fourth-order valence-corrected chi connectivity index (χ4v) is 2.98. The normalized spacial score (nSPS) is 11.6. The third kappa shape index (κ3) is 2.86. The second-order valence-corrected chi connectivity index (χ2v) is 6.22. The van der Waals surface area contributed by atoms with Crippen LogP contribution in [-0.4, -0.2) is 23.2 Å². The van der Waals surface area contributed by atoms with E-state index in [1.54, 1.807) is 13.2 Å². The van der Waals surface area contributed by atoms with Gasteiger partial charge in [-0.3, -0.25) is 14.2 Å². The number of sulfonamides is 1. The van der Waals surface area contributed by atoms with E-state index in [0.717, 1.165) is 12.3 Å². The molecule has 7 nitrogen and oxygen atoms in total. The molecule has 0 atom stereocenters. The van der Waals surface area contributed by atoms with Gasteiger partial charge < -0.3 is 4.98 Å². The largest absolute Gasteiger partial charge is 0.326 e. The number of anilines is 1. The molecule has 9 heteroatoms. The molecule has 2 heterocycles. The molecule has 0 saturated carbocycles. The first kappa shape index (κ1) is 14.6. The second-order valence-electron chi connectivity index (χ2n) is 4.13. The number of aromatic amines is 1. The smallest absolute Gasteiger partial charge is 0.266 e. The summed E-state index contributed by atoms with van der Waals surface area (Å²) >= 11 is 5.63. The van der Waals surface area contributed by atoms with Crippen LogP contribution in [0.4, 0.5) is 5.69 Å². The molecule has 0 spiro atoms. The Kier molecular flexibility index (Phi) is 3.87. The molecule has 0 aliphatic rings. The third-order valence-corrected chi connectivity index (χ3v) is 4.25. The summed E-state index contributed by atoms with van der Waals surface area (Å²) in [5, 5.41) is 3.96. The molecular weight excluding hydrogens is 304 g/mol. The maximum Gasteiger partial charge on any atom is 0.266 e. The standard InChI is InChI=1S/C11H13ClN4O3S/c1-3-9-10(6-16(2)14-9)15-20(18,19)7-4-8(12)11(17)13-5-7/h4-6,15H,3H2,1-2H3,(H,13,17). The Morgan fingerprint density at radius 2 is 2.20 bits per heavy atom. The molecule has 0 radical (unpaired) electrons. The summed E-state index contributed by atoms with van der Waals surface area (Å²) in [4.78, 5) is 13.3. The molecule has 0 unspecified atom stereocenters. The predicted molar refractivity (Wildman–Crippen MR) is 75.5 cm³/mol. The van der Waals surface area contributed by atoms with Gasteiger partial charge in [-0.15, -0.1) is 0 Å². The number of halogens is 1. The number of hydrogen-bond acceptors (Lipinski definition) is 4. The van der Waals surface area contributed by atoms with Gasteiger partial charge in [0.25, 0.3) is 15.6 Å². The van der Waals surface area contributed by atoms with Crippen LogP contribution in [0.2, 0.25) is 5.02 Å². The van der Waals surface area contributed by atoms with Crippen molar-refractivity contribution in [1.82, 2.24) is 14.8 Å². The quantitative estimate of drug-likeness (QED) is 0.883. The molecule has 0 bridgehead atoms. The van der Waals surface area contributed by atoms with Gasteiger partial charge in [-0.2, -0.15) is 5.10 Å². The van der Waals surface area contributed by atoms with Gasteiger partial charge in [-0.05, 0) is 12.5 Å². The molecule has 20 heavy (non-hydrogen) atoms. The van der Waals surface area contributed by atoms with E-state index in [0.29, 0.717) is 17.8 Å². The van der Waals surface area contributed by atoms with Crippen molar-refractivity contribution in [2.24, 2.45) is 7.05 Å². The summed E-state index contributed by atoms with van der Waals surface area (Å²) in [5.74, 6) is 0. The number of pyridine rings is 1. The first-order valence-corrected chi connectivity index (χ1v) is 7.63. The van der Waals surface area contributed by atoms with E-state index in [2.05, 4.69) is 14.8 Å². The Balaban J connectivity index is 2.40. The second kappa shape index (κ2) is 5.29. The number of nitrogens with zero attached hydrogens (tertiary/aromatic N) is 2. The summed E-state index contributed by atoms with van der Waals surface area (Å²) in [5.41, 5.74) is 0.491. The minimum atomic E-state index is -3.83. The Labute approximate surface area is 120 Å². The van der Waals surface area contributed by atoms with Crippen LogP contribution < -0.4 is 10.3 Å². The van der Waals surface area contributed by atoms with Crippen LogP contribution in [0.3, 0.4) is 0 Å². The summed E-state index contributed by atoms with van der Waals surface area (Å²) < 4.78 is 28.4. The van der Waals surface area contributed by atoms with E-state index >= 15 is 0 Å². The molecule has 0 aromatic carbocycles. The molecule has 0 fully saturated rings. The molecule has 0 aliphatic heterocycles. The predicted octanol–water partition coefficient (Wildman–Crippen LogP) is 1.13. The van der Waals surface area contributed by atoms with Crippen LogP contribution in [0, 0.1) is 0 Å². The van der Waals surface area contributed by atoms with Gasteiger partial charge in [-0.1, -0.05) is 18.5 Å². The number of hydrogen-bond donors (Lipinski definition) is 2. The van der Waals surface area contributed by atoms with Gasteiger partial charge in [0, 0.05) is 19.4 Å². The first-order valence-electron chi connectivity index (χ1n) is 5.77. The average Bonchev–Trinajstić information content (AvgIpc) is 2.72. The molecule has 0 aliphatic carbocycles. The third-order valence-electron chi connectivity index (χ3n) is 2.63. The average molecular weight is 317 g/mol. The lowest BCUT2D eigenvalue weighted by Gasteiger charge is -2.07. The van der Waals surface area contributed by atoms with Gasteiger partial charge >= 0.3 is 0 Å². The van der Waals surface area contributed by atoms with E-state index in [1.165, 1.54) is 4.68 Å². The minimum absolute atomic E-state index is 0.118. The van der Waals surface area contributed by atoms with Crippen molar-refractivity contribution in [3.63, 3.8) is 0 Å². The van der Waals surface area contributed by atoms with Crippen molar-refractivity contribution >= 4 is 27.3 Å². The summed E-state index contributed by atoms with van der Waals surface area (Å²) in [6.45, 7) is 1.87. The van der Waals surface area contributed by atoms with Crippen molar-refractivity contribution < 1.29 is 8.42 Å². The molecule has 2 aromatic heterocycles. The molecule has 108 valence electrons. The highest BCUT2D eigenvalue weighted by molar-refractivity contribution is 7.92. The fourth-order valence-electron chi connectivity index (χ4n) is 1.68. The molecule has 2 N–H and O–H groups in total. The SMILES string of the molecule is CCc1nn(C)cc1NS(=O)(=O)c1c[nH]c(=O)c(Cl)c1. The van der Waals surface area contributed by atoms with Gasteiger partial charge in [0.2, 0.25) is 0 Å². The Hall–Kier alpha value is -1.80. The molecular formula is C11H13ClN4O3S. The molecule has 0 amide bonds. The highest BCUT2D eigenvalue weighted by Crippen LogP contribution is 2.19. The topological polar surface area (TPSA) is 96.8 Å². The summed E-state index contributed by atoms with van der Waals surface area (Å²) in [7, 11) is -2.13. The van der Waals surface area contributed by atoms with Crippen molar-refractivity contribution in [2.45, 2.75) is 18.2 Å². The first-order chi connectivity index (χ1) is 9.33. The van der Waals surface area contributed by atoms with Gasteiger partial charge in [0.15, 0.2) is 0 Å². The number of nitrogens with one attached hydrogen (secondary N) is 2. The van der Waals surface area contributed by atoms with Crippen LogP contribution in [0.15, 0.2) is 28.2 Å². The Bertz CT molecular complexity index is 794. The Morgan fingerprint density at radius 3 is 2.80 bits per heavy atom. The lowest BCUT2D eigenvalue weighted by atomic mass is 10.3. The van der Waals surface area contributed by atoms with E-state index in [-0.39, 0.29) is 9.92 Å². The lowest BCUT2D eigenvalue weighted by Crippen LogP contribution is -2.16. The summed E-state index contributed by atoms with van der Waals surface area (Å²) in [6.07, 6.45) is 3.26. The van der Waals surface area contributed by atoms with Crippen LogP contribution in [0.1, 0.15) is 12.6 Å². The molecule has 0 saturated heterocycles. The van der Waals surface area contributed by atoms with Crippen molar-refractivity contribution in [3.05, 3.63) is 39.5 Å². The number of H-pyrrole nitrogens is 1. The minimum Gasteiger partial charge on any atom is -0.326 e. The van der Waals surface area contributed by atoms with Gasteiger partial charge in [0.1, 0.15) is 9.92 Å². The van der Waals surface area contributed by atoms with Crippen LogP contribution in [0.5, 0.6) is 0 Å². The number of rotatable bonds is 4. The van der Waals surface area contributed by atoms with E-state index in [1.807, 2.05) is 6.92 Å². The molecule has 2 aromatic rings. The van der Waals surface area contributed by atoms with Crippen molar-refractivity contribution in [2.75, 3.05) is 4.72 Å². The number of aromatic nitrogens is 3. The van der Waals surface area contributed by atoms with Crippen LogP contribution >= 0.6 is 11.6 Å². The zero-order valence-electron chi connectivity index (χ0n) is 10.8. The zero-order chi connectivity index (χ0) is 14.9. The van der Waals surface area contributed by atoms with Gasteiger partial charge in [-0.25, -0.2) is 8.42 Å². The highest BCUT2D eigenvalue weighted by Gasteiger charge is 2.18. The van der Waals surface area contributed by atoms with Crippen LogP contribution in [0.25, 0.3) is 0 Å². The molecule has 2 rings (SSSR count). The van der Waals surface area contributed by atoms with E-state index in [4.69, 9.17) is 11.6 Å². The number of aryl methyl sites for hydroxylation is 2.